The number of fused-ring (bicyclic) bond motifs is 5. The Balaban J connectivity index is 1.29. The second-order valence-electron chi connectivity index (χ2n) is 11.7. The van der Waals surface area contributed by atoms with Crippen LogP contribution in [0.2, 0.25) is 0 Å². The lowest BCUT2D eigenvalue weighted by Crippen LogP contribution is -2.54. The van der Waals surface area contributed by atoms with Crippen molar-refractivity contribution in [3.05, 3.63) is 47.2 Å². The average molecular weight is 489 g/mol. The third-order valence-corrected chi connectivity index (χ3v) is 10.2. The van der Waals surface area contributed by atoms with Gasteiger partial charge >= 0.3 is 6.18 Å². The van der Waals surface area contributed by atoms with Crippen LogP contribution in [0, 0.1) is 34.5 Å². The van der Waals surface area contributed by atoms with Crippen molar-refractivity contribution in [3.63, 3.8) is 0 Å². The first-order valence-corrected chi connectivity index (χ1v) is 12.9. The van der Waals surface area contributed by atoms with Crippen LogP contribution in [0.5, 0.6) is 0 Å². The highest BCUT2D eigenvalue weighted by Gasteiger charge is 2.59. The van der Waals surface area contributed by atoms with Gasteiger partial charge in [-0.3, -0.25) is 9.59 Å². The fourth-order valence-electron chi connectivity index (χ4n) is 8.18. The number of carbonyl (C=O) groups is 2. The number of nitrogens with zero attached hydrogens (tertiary/aromatic N) is 1. The Kier molecular flexibility index (Phi) is 5.84. The molecule has 3 aliphatic carbocycles. The molecule has 1 heterocycles. The number of halogens is 3. The minimum atomic E-state index is -4.47. The van der Waals surface area contributed by atoms with E-state index in [1.807, 2.05) is 11.9 Å². The van der Waals surface area contributed by atoms with Crippen LogP contribution in [0.1, 0.15) is 74.7 Å². The fraction of sp³-hybridized carbons (Fsp3) is 0.643. The SMILES string of the molecule is CN1C(=O)CC[C@@]2(C)C1=CC[C@@H]1[C@H]2CC[C@]2(C)C(CNC(=O)c3cccc(C(F)(F)F)c3)CC[C@@H]12. The minimum Gasteiger partial charge on any atom is -0.352 e. The van der Waals surface area contributed by atoms with Crippen molar-refractivity contribution in [1.82, 2.24) is 10.2 Å². The van der Waals surface area contributed by atoms with Crippen molar-refractivity contribution in [1.29, 1.82) is 0 Å². The topological polar surface area (TPSA) is 49.4 Å². The first-order valence-electron chi connectivity index (χ1n) is 12.9. The molecule has 5 rings (SSSR count). The molecule has 1 aromatic rings. The van der Waals surface area contributed by atoms with Crippen molar-refractivity contribution in [2.75, 3.05) is 13.6 Å². The standard InChI is InChI=1S/C28H35F3N2O2/c1-26-13-11-22-20(8-10-23-27(22,2)14-12-24(34)33(23)3)21(26)9-7-19(26)16-32-25(35)17-5-4-6-18(15-17)28(29,30)31/h4-6,10,15,19-22H,7-9,11-14,16H2,1-3H3,(H,32,35)/t19?,20-,21-,22+,26+,27+/m0/s1. The van der Waals surface area contributed by atoms with E-state index in [1.165, 1.54) is 17.8 Å². The first-order chi connectivity index (χ1) is 16.4. The normalized spacial score (nSPS) is 36.7. The zero-order chi connectivity index (χ0) is 25.2. The Bertz CT molecular complexity index is 1070. The molecule has 4 aliphatic rings. The Labute approximate surface area is 205 Å². The Morgan fingerprint density at radius 3 is 2.66 bits per heavy atom. The Hall–Kier alpha value is -2.31. The number of hydrogen-bond donors (Lipinski definition) is 1. The summed E-state index contributed by atoms with van der Waals surface area (Å²) < 4.78 is 39.2. The maximum absolute atomic E-state index is 13.1. The van der Waals surface area contributed by atoms with Crippen LogP contribution in [0.4, 0.5) is 13.2 Å². The van der Waals surface area contributed by atoms with Gasteiger partial charge in [0.15, 0.2) is 0 Å². The molecule has 3 fully saturated rings. The Morgan fingerprint density at radius 1 is 1.14 bits per heavy atom. The molecule has 1 aromatic carbocycles. The van der Waals surface area contributed by atoms with Gasteiger partial charge in [-0.2, -0.15) is 13.2 Å². The van der Waals surface area contributed by atoms with Crippen LogP contribution in [-0.4, -0.2) is 30.3 Å². The predicted octanol–water partition coefficient (Wildman–Crippen LogP) is 6.04. The lowest BCUT2D eigenvalue weighted by atomic mass is 9.49. The quantitative estimate of drug-likeness (QED) is 0.564. The van der Waals surface area contributed by atoms with E-state index in [0.717, 1.165) is 50.7 Å². The number of nitrogens with one attached hydrogen (secondary N) is 1. The number of benzene rings is 1. The lowest BCUT2D eigenvalue weighted by Gasteiger charge is -2.58. The molecule has 0 aromatic heterocycles. The molecule has 6 atom stereocenters. The number of amides is 2. The minimum absolute atomic E-state index is 0.0444. The molecule has 1 saturated heterocycles. The third-order valence-electron chi connectivity index (χ3n) is 10.2. The summed E-state index contributed by atoms with van der Waals surface area (Å²) in [6.45, 7) is 5.21. The zero-order valence-electron chi connectivity index (χ0n) is 20.8. The van der Waals surface area contributed by atoms with Gasteiger partial charge in [0.25, 0.3) is 5.91 Å². The smallest absolute Gasteiger partial charge is 0.352 e. The van der Waals surface area contributed by atoms with Crippen molar-refractivity contribution in [3.8, 4) is 0 Å². The summed E-state index contributed by atoms with van der Waals surface area (Å²) in [7, 11) is 1.91. The number of allylic oxidation sites excluding steroid dienone is 2. The molecule has 0 spiro atoms. The number of hydrogen-bond acceptors (Lipinski definition) is 2. The van der Waals surface area contributed by atoms with Crippen LogP contribution in [0.15, 0.2) is 36.0 Å². The van der Waals surface area contributed by atoms with Crippen LogP contribution in [0.25, 0.3) is 0 Å². The van der Waals surface area contributed by atoms with Crippen molar-refractivity contribution in [2.24, 2.45) is 34.5 Å². The van der Waals surface area contributed by atoms with Crippen LogP contribution in [0.3, 0.4) is 0 Å². The van der Waals surface area contributed by atoms with E-state index < -0.39 is 17.6 Å². The third kappa shape index (κ3) is 3.89. The van der Waals surface area contributed by atoms with Crippen molar-refractivity contribution < 1.29 is 22.8 Å². The van der Waals surface area contributed by atoms with E-state index in [4.69, 9.17) is 0 Å². The monoisotopic (exact) mass is 488 g/mol. The predicted molar refractivity (Wildman–Crippen MR) is 127 cm³/mol. The Morgan fingerprint density at radius 2 is 1.91 bits per heavy atom. The second-order valence-corrected chi connectivity index (χ2v) is 11.7. The summed E-state index contributed by atoms with van der Waals surface area (Å²) >= 11 is 0. The van der Waals surface area contributed by atoms with E-state index in [0.29, 0.717) is 36.6 Å². The van der Waals surface area contributed by atoms with Gasteiger partial charge in [-0.05, 0) is 85.8 Å². The maximum Gasteiger partial charge on any atom is 0.416 e. The zero-order valence-corrected chi connectivity index (χ0v) is 20.8. The van der Waals surface area contributed by atoms with Crippen molar-refractivity contribution >= 4 is 11.8 Å². The molecule has 7 heteroatoms. The molecule has 1 unspecified atom stereocenters. The van der Waals surface area contributed by atoms with E-state index in [1.54, 1.807) is 0 Å². The number of carbonyl (C=O) groups excluding carboxylic acids is 2. The van der Waals surface area contributed by atoms with Gasteiger partial charge < -0.3 is 10.2 Å². The average Bonchev–Trinajstić information content (AvgIpc) is 3.16. The largest absolute Gasteiger partial charge is 0.416 e. The lowest BCUT2D eigenvalue weighted by molar-refractivity contribution is -0.137. The van der Waals surface area contributed by atoms with Gasteiger partial charge in [-0.1, -0.05) is 26.0 Å². The molecule has 190 valence electrons. The van der Waals surface area contributed by atoms with E-state index >= 15 is 0 Å². The summed E-state index contributed by atoms with van der Waals surface area (Å²) in [6, 6.07) is 4.64. The highest BCUT2D eigenvalue weighted by Crippen LogP contribution is 2.65. The van der Waals surface area contributed by atoms with Crippen LogP contribution in [-0.2, 0) is 11.0 Å². The van der Waals surface area contributed by atoms with Gasteiger partial charge in [-0.15, -0.1) is 0 Å². The maximum atomic E-state index is 13.1. The summed E-state index contributed by atoms with van der Waals surface area (Å²) in [5.74, 6) is 1.80. The molecular weight excluding hydrogens is 453 g/mol. The summed E-state index contributed by atoms with van der Waals surface area (Å²) in [6.07, 6.45) is 4.72. The van der Waals surface area contributed by atoms with Crippen molar-refractivity contribution in [2.45, 2.75) is 65.0 Å². The van der Waals surface area contributed by atoms with Crippen LogP contribution >= 0.6 is 0 Å². The molecule has 0 bridgehead atoms. The number of likely N-dealkylation sites (tertiary alicyclic amines) is 1. The molecular formula is C28H35F3N2O2. The highest BCUT2D eigenvalue weighted by molar-refractivity contribution is 5.94. The molecule has 2 saturated carbocycles. The fourth-order valence-corrected chi connectivity index (χ4v) is 8.18. The summed E-state index contributed by atoms with van der Waals surface area (Å²) in [5.41, 5.74) is 0.617. The molecule has 0 radical (unpaired) electrons. The van der Waals surface area contributed by atoms with E-state index in [9.17, 15) is 22.8 Å². The first kappa shape index (κ1) is 24.4. The summed E-state index contributed by atoms with van der Waals surface area (Å²) in [4.78, 5) is 26.9. The number of piperidine rings is 1. The second kappa shape index (κ2) is 8.38. The molecule has 2 amide bonds. The number of rotatable bonds is 3. The van der Waals surface area contributed by atoms with Gasteiger partial charge in [0, 0.05) is 36.7 Å². The molecule has 1 N–H and O–H groups in total. The van der Waals surface area contributed by atoms with Gasteiger partial charge in [-0.25, -0.2) is 0 Å². The van der Waals surface area contributed by atoms with E-state index in [2.05, 4.69) is 25.2 Å². The molecule has 1 aliphatic heterocycles. The van der Waals surface area contributed by atoms with Crippen LogP contribution < -0.4 is 5.32 Å². The van der Waals surface area contributed by atoms with Gasteiger partial charge in [0.2, 0.25) is 5.91 Å². The molecule has 35 heavy (non-hydrogen) atoms. The summed E-state index contributed by atoms with van der Waals surface area (Å²) in [5, 5.41) is 2.95. The molecule has 4 nitrogen and oxygen atoms in total. The van der Waals surface area contributed by atoms with E-state index in [-0.39, 0.29) is 22.3 Å². The highest BCUT2D eigenvalue weighted by atomic mass is 19.4. The van der Waals surface area contributed by atoms with Gasteiger partial charge in [0.1, 0.15) is 0 Å². The number of alkyl halides is 3. The van der Waals surface area contributed by atoms with Gasteiger partial charge in [0.05, 0.1) is 5.56 Å².